The lowest BCUT2D eigenvalue weighted by Gasteiger charge is -2.23. The van der Waals surface area contributed by atoms with Crippen molar-refractivity contribution in [2.24, 2.45) is 0 Å². The minimum Gasteiger partial charge on any atom is -0.427 e. The van der Waals surface area contributed by atoms with Gasteiger partial charge in [-0.15, -0.1) is 12.4 Å². The first-order chi connectivity index (χ1) is 12.6. The summed E-state index contributed by atoms with van der Waals surface area (Å²) in [5.74, 6) is 0.455. The molecule has 0 spiro atoms. The second kappa shape index (κ2) is 8.28. The quantitative estimate of drug-likeness (QED) is 0.874. The Bertz CT molecular complexity index is 865. The second-order valence-corrected chi connectivity index (χ2v) is 7.25. The number of amides is 1. The minimum absolute atomic E-state index is 0. The first kappa shape index (κ1) is 19.6. The first-order valence-corrected chi connectivity index (χ1v) is 9.35. The molecule has 0 bridgehead atoms. The summed E-state index contributed by atoms with van der Waals surface area (Å²) in [4.78, 5) is 27.3. The summed E-state index contributed by atoms with van der Waals surface area (Å²) in [5, 5.41) is 3.43. The maximum Gasteiger partial charge on any atom is 0.349 e. The Morgan fingerprint density at radius 1 is 1.22 bits per heavy atom. The van der Waals surface area contributed by atoms with Gasteiger partial charge >= 0.3 is 5.63 Å². The third-order valence-electron chi connectivity index (χ3n) is 5.57. The van der Waals surface area contributed by atoms with Crippen LogP contribution in [0.5, 0.6) is 0 Å². The standard InChI is InChI=1S/C21H24N2O3.ClH/c1-14-13-16(8-7-15-5-3-2-4-6-15)26-21(25)19(14)20(24)23-12-10-17-18(23)9-11-22-17;/h2-6,13,17-18,22H,7-12H2,1H3;1H/t17-,18-;/m0./s1. The van der Waals surface area contributed by atoms with Crippen LogP contribution in [0.1, 0.15) is 40.1 Å². The monoisotopic (exact) mass is 388 g/mol. The van der Waals surface area contributed by atoms with Crippen molar-refractivity contribution in [3.8, 4) is 0 Å². The molecule has 27 heavy (non-hydrogen) atoms. The minimum atomic E-state index is -0.507. The zero-order valence-corrected chi connectivity index (χ0v) is 16.3. The molecular formula is C21H25ClN2O3. The van der Waals surface area contributed by atoms with Crippen LogP contribution < -0.4 is 10.9 Å². The van der Waals surface area contributed by atoms with Crippen molar-refractivity contribution in [2.45, 2.75) is 44.7 Å². The van der Waals surface area contributed by atoms with Gasteiger partial charge in [0.1, 0.15) is 11.3 Å². The van der Waals surface area contributed by atoms with Gasteiger partial charge in [-0.05, 0) is 49.9 Å². The van der Waals surface area contributed by atoms with Crippen molar-refractivity contribution < 1.29 is 9.21 Å². The number of benzene rings is 1. The van der Waals surface area contributed by atoms with E-state index >= 15 is 0 Å². The second-order valence-electron chi connectivity index (χ2n) is 7.25. The summed E-state index contributed by atoms with van der Waals surface area (Å²) >= 11 is 0. The molecule has 1 amide bonds. The number of aryl methyl sites for hydroxylation is 3. The van der Waals surface area contributed by atoms with E-state index in [1.54, 1.807) is 0 Å². The van der Waals surface area contributed by atoms with Crippen molar-refractivity contribution in [3.63, 3.8) is 0 Å². The van der Waals surface area contributed by atoms with Crippen molar-refractivity contribution in [2.75, 3.05) is 13.1 Å². The Labute approximate surface area is 165 Å². The van der Waals surface area contributed by atoms with Gasteiger partial charge in [-0.1, -0.05) is 30.3 Å². The molecule has 2 aromatic rings. The van der Waals surface area contributed by atoms with E-state index in [2.05, 4.69) is 17.4 Å². The summed E-state index contributed by atoms with van der Waals surface area (Å²) in [6.07, 6.45) is 3.36. The highest BCUT2D eigenvalue weighted by molar-refractivity contribution is 5.95. The molecule has 2 aliphatic rings. The molecule has 3 heterocycles. The lowest BCUT2D eigenvalue weighted by molar-refractivity contribution is 0.0731. The molecular weight excluding hydrogens is 364 g/mol. The largest absolute Gasteiger partial charge is 0.427 e. The highest BCUT2D eigenvalue weighted by Gasteiger charge is 2.41. The van der Waals surface area contributed by atoms with Gasteiger partial charge < -0.3 is 14.6 Å². The van der Waals surface area contributed by atoms with Gasteiger partial charge in [0.15, 0.2) is 0 Å². The normalized spacial score (nSPS) is 21.0. The summed E-state index contributed by atoms with van der Waals surface area (Å²) in [6, 6.07) is 12.5. The Morgan fingerprint density at radius 2 is 2.00 bits per heavy atom. The molecule has 1 aromatic carbocycles. The fraction of sp³-hybridized carbons (Fsp3) is 0.429. The Hall–Kier alpha value is -2.11. The molecule has 6 heteroatoms. The van der Waals surface area contributed by atoms with Crippen molar-refractivity contribution >= 4 is 18.3 Å². The third-order valence-corrected chi connectivity index (χ3v) is 5.57. The Kier molecular flexibility index (Phi) is 6.02. The van der Waals surface area contributed by atoms with Gasteiger partial charge in [0.05, 0.1) is 0 Å². The number of fused-ring (bicyclic) bond motifs is 1. The van der Waals surface area contributed by atoms with Crippen molar-refractivity contribution in [3.05, 3.63) is 69.3 Å². The number of nitrogens with zero attached hydrogens (tertiary/aromatic N) is 1. The lowest BCUT2D eigenvalue weighted by Crippen LogP contribution is -2.40. The maximum absolute atomic E-state index is 13.0. The molecule has 0 aliphatic carbocycles. The van der Waals surface area contributed by atoms with Gasteiger partial charge in [-0.25, -0.2) is 4.79 Å². The number of carbonyl (C=O) groups is 1. The van der Waals surface area contributed by atoms with Crippen LogP contribution in [0.2, 0.25) is 0 Å². The van der Waals surface area contributed by atoms with Crippen LogP contribution in [0.3, 0.4) is 0 Å². The third kappa shape index (κ3) is 3.94. The molecule has 2 fully saturated rings. The highest BCUT2D eigenvalue weighted by Crippen LogP contribution is 2.26. The van der Waals surface area contributed by atoms with Crippen molar-refractivity contribution in [1.29, 1.82) is 0 Å². The zero-order valence-electron chi connectivity index (χ0n) is 15.4. The number of likely N-dealkylation sites (tertiary alicyclic amines) is 1. The average molecular weight is 389 g/mol. The zero-order chi connectivity index (χ0) is 18.1. The predicted molar refractivity (Wildman–Crippen MR) is 107 cm³/mol. The van der Waals surface area contributed by atoms with Gasteiger partial charge in [-0.2, -0.15) is 0 Å². The van der Waals surface area contributed by atoms with E-state index in [1.165, 1.54) is 5.56 Å². The molecule has 0 saturated carbocycles. The topological polar surface area (TPSA) is 62.6 Å². The first-order valence-electron chi connectivity index (χ1n) is 9.35. The van der Waals surface area contributed by atoms with Crippen LogP contribution in [0.25, 0.3) is 0 Å². The molecule has 1 aromatic heterocycles. The molecule has 4 rings (SSSR count). The van der Waals surface area contributed by atoms with E-state index in [4.69, 9.17) is 4.42 Å². The van der Waals surface area contributed by atoms with Crippen LogP contribution in [-0.2, 0) is 12.8 Å². The SMILES string of the molecule is Cc1cc(CCc2ccccc2)oc(=O)c1C(=O)N1CC[C@@H]2NCC[C@@H]21.Cl. The summed E-state index contributed by atoms with van der Waals surface area (Å²) in [5.41, 5.74) is 1.60. The maximum atomic E-state index is 13.0. The molecule has 0 radical (unpaired) electrons. The molecule has 2 aliphatic heterocycles. The van der Waals surface area contributed by atoms with E-state index < -0.39 is 5.63 Å². The summed E-state index contributed by atoms with van der Waals surface area (Å²) in [7, 11) is 0. The highest BCUT2D eigenvalue weighted by atomic mass is 35.5. The fourth-order valence-corrected chi connectivity index (χ4v) is 4.23. The van der Waals surface area contributed by atoms with Crippen LogP contribution in [-0.4, -0.2) is 36.0 Å². The summed E-state index contributed by atoms with van der Waals surface area (Å²) in [6.45, 7) is 3.47. The number of nitrogens with one attached hydrogen (secondary N) is 1. The lowest BCUT2D eigenvalue weighted by atomic mass is 10.1. The number of rotatable bonds is 4. The van der Waals surface area contributed by atoms with Crippen LogP contribution in [0, 0.1) is 6.92 Å². The smallest absolute Gasteiger partial charge is 0.349 e. The van der Waals surface area contributed by atoms with Gasteiger partial charge in [0, 0.05) is 25.0 Å². The van der Waals surface area contributed by atoms with Crippen LogP contribution in [0.15, 0.2) is 45.6 Å². The molecule has 1 N–H and O–H groups in total. The van der Waals surface area contributed by atoms with Crippen LogP contribution in [0.4, 0.5) is 0 Å². The molecule has 2 atom stereocenters. The Morgan fingerprint density at radius 3 is 2.74 bits per heavy atom. The van der Waals surface area contributed by atoms with E-state index in [0.29, 0.717) is 30.3 Å². The van der Waals surface area contributed by atoms with Gasteiger partial charge in [0.25, 0.3) is 5.91 Å². The Balaban J connectivity index is 0.00000210. The van der Waals surface area contributed by atoms with E-state index in [1.807, 2.05) is 36.1 Å². The molecule has 144 valence electrons. The predicted octanol–water partition coefficient (Wildman–Crippen LogP) is 2.73. The fourth-order valence-electron chi connectivity index (χ4n) is 4.23. The number of halogens is 1. The van der Waals surface area contributed by atoms with Gasteiger partial charge in [-0.3, -0.25) is 4.79 Å². The molecule has 2 saturated heterocycles. The van der Waals surface area contributed by atoms with E-state index in [-0.39, 0.29) is 29.9 Å². The average Bonchev–Trinajstić information content (AvgIpc) is 3.23. The van der Waals surface area contributed by atoms with Gasteiger partial charge in [0.2, 0.25) is 0 Å². The van der Waals surface area contributed by atoms with E-state index in [9.17, 15) is 9.59 Å². The van der Waals surface area contributed by atoms with E-state index in [0.717, 1.165) is 25.8 Å². The molecule has 5 nitrogen and oxygen atoms in total. The van der Waals surface area contributed by atoms with Crippen LogP contribution >= 0.6 is 12.4 Å². The summed E-state index contributed by atoms with van der Waals surface area (Å²) < 4.78 is 5.48. The number of hydrogen-bond acceptors (Lipinski definition) is 4. The van der Waals surface area contributed by atoms with Crippen molar-refractivity contribution in [1.82, 2.24) is 10.2 Å². The number of hydrogen-bond donors (Lipinski definition) is 1. The molecule has 0 unspecified atom stereocenters. The number of carbonyl (C=O) groups excluding carboxylic acids is 1.